The van der Waals surface area contributed by atoms with Crippen LogP contribution in [0.15, 0.2) is 24.3 Å². The molecule has 0 unspecified atom stereocenters. The maximum absolute atomic E-state index is 13.6. The number of carbonyl (C=O) groups is 2. The highest BCUT2D eigenvalue weighted by molar-refractivity contribution is 7.14. The molecule has 2 aromatic rings. The molecule has 1 aromatic heterocycles. The van der Waals surface area contributed by atoms with Gasteiger partial charge >= 0.3 is 5.97 Å². The largest absolute Gasteiger partial charge is 0.448 e. The van der Waals surface area contributed by atoms with Gasteiger partial charge in [-0.25, -0.2) is 13.6 Å². The third-order valence-electron chi connectivity index (χ3n) is 4.83. The molecule has 1 N–H and O–H groups in total. The number of hydrogen-bond acceptors (Lipinski definition) is 4. The molecule has 1 aliphatic rings. The molecule has 1 aromatic carbocycles. The Bertz CT molecular complexity index is 845. The number of thiophene rings is 1. The Hall–Kier alpha value is -2.28. The van der Waals surface area contributed by atoms with Crippen LogP contribution >= 0.6 is 11.3 Å². The van der Waals surface area contributed by atoms with E-state index >= 15 is 0 Å². The van der Waals surface area contributed by atoms with Crippen molar-refractivity contribution >= 4 is 28.9 Å². The van der Waals surface area contributed by atoms with Crippen molar-refractivity contribution in [1.82, 2.24) is 0 Å². The zero-order chi connectivity index (χ0) is 19.6. The number of para-hydroxylation sites is 1. The van der Waals surface area contributed by atoms with Gasteiger partial charge in [0.05, 0.1) is 0 Å². The normalized spacial score (nSPS) is 17.1. The van der Waals surface area contributed by atoms with Crippen LogP contribution in [0.5, 0.6) is 0 Å². The number of esters is 1. The van der Waals surface area contributed by atoms with E-state index in [1.807, 2.05) is 6.07 Å². The Morgan fingerprint density at radius 3 is 2.70 bits per heavy atom. The lowest BCUT2D eigenvalue weighted by atomic mass is 9.87. The molecule has 27 heavy (non-hydrogen) atoms. The first kappa shape index (κ1) is 19.5. The summed E-state index contributed by atoms with van der Waals surface area (Å²) in [5.41, 5.74) is 0.623. The summed E-state index contributed by atoms with van der Waals surface area (Å²) in [6.07, 6.45) is 2.95. The highest BCUT2D eigenvalue weighted by Gasteiger charge is 2.25. The summed E-state index contributed by atoms with van der Waals surface area (Å²) >= 11 is 1.39. The van der Waals surface area contributed by atoms with Gasteiger partial charge in [0.15, 0.2) is 6.10 Å². The van der Waals surface area contributed by atoms with Crippen molar-refractivity contribution in [3.8, 4) is 0 Å². The van der Waals surface area contributed by atoms with Crippen LogP contribution in [-0.2, 0) is 22.4 Å². The van der Waals surface area contributed by atoms with Crippen LogP contribution in [0, 0.1) is 17.6 Å². The smallest absolute Gasteiger partial charge is 0.349 e. The summed E-state index contributed by atoms with van der Waals surface area (Å²) in [5.74, 6) is -2.54. The number of hydrogen-bond donors (Lipinski definition) is 1. The SMILES string of the molecule is CC[C@H]1CCc2sc(C(=O)O[C@@H](C)C(=O)Nc3c(F)cccc3F)cc2C1. The second kappa shape index (κ2) is 8.17. The molecule has 1 amide bonds. The molecule has 0 radical (unpaired) electrons. The van der Waals surface area contributed by atoms with Gasteiger partial charge in [0.1, 0.15) is 22.2 Å². The van der Waals surface area contributed by atoms with E-state index in [9.17, 15) is 18.4 Å². The van der Waals surface area contributed by atoms with E-state index in [1.165, 1.54) is 34.8 Å². The van der Waals surface area contributed by atoms with Gasteiger partial charge in [-0.05, 0) is 55.9 Å². The predicted molar refractivity (Wildman–Crippen MR) is 100.0 cm³/mol. The van der Waals surface area contributed by atoms with Crippen LogP contribution in [-0.4, -0.2) is 18.0 Å². The number of anilines is 1. The molecule has 0 saturated heterocycles. The third-order valence-corrected chi connectivity index (χ3v) is 6.04. The van der Waals surface area contributed by atoms with E-state index in [2.05, 4.69) is 12.2 Å². The molecule has 3 rings (SSSR count). The van der Waals surface area contributed by atoms with Gasteiger partial charge in [-0.1, -0.05) is 19.4 Å². The van der Waals surface area contributed by atoms with Gasteiger partial charge in [-0.3, -0.25) is 4.79 Å². The van der Waals surface area contributed by atoms with Crippen molar-refractivity contribution in [2.24, 2.45) is 5.92 Å². The first-order chi connectivity index (χ1) is 12.9. The second-order valence-corrected chi connectivity index (χ2v) is 7.85. The van der Waals surface area contributed by atoms with E-state index in [0.717, 1.165) is 37.8 Å². The molecule has 2 atom stereocenters. The summed E-state index contributed by atoms with van der Waals surface area (Å²) in [7, 11) is 0. The van der Waals surface area contributed by atoms with E-state index in [0.29, 0.717) is 10.8 Å². The Morgan fingerprint density at radius 2 is 2.04 bits per heavy atom. The molecule has 0 fully saturated rings. The van der Waals surface area contributed by atoms with E-state index in [4.69, 9.17) is 4.74 Å². The number of carbonyl (C=O) groups excluding carboxylic acids is 2. The molecular formula is C20H21F2NO3S. The van der Waals surface area contributed by atoms with Gasteiger partial charge in [-0.15, -0.1) is 11.3 Å². The minimum atomic E-state index is -1.18. The lowest BCUT2D eigenvalue weighted by Crippen LogP contribution is -2.30. The summed E-state index contributed by atoms with van der Waals surface area (Å²) in [6.45, 7) is 3.53. The maximum Gasteiger partial charge on any atom is 0.349 e. The fourth-order valence-corrected chi connectivity index (χ4v) is 4.25. The number of halogens is 2. The highest BCUT2D eigenvalue weighted by Crippen LogP contribution is 2.34. The molecule has 144 valence electrons. The van der Waals surface area contributed by atoms with Crippen molar-refractivity contribution in [3.63, 3.8) is 0 Å². The Balaban J connectivity index is 1.64. The Morgan fingerprint density at radius 1 is 1.33 bits per heavy atom. The van der Waals surface area contributed by atoms with Crippen LogP contribution in [0.3, 0.4) is 0 Å². The number of benzene rings is 1. The summed E-state index contributed by atoms with van der Waals surface area (Å²) in [6, 6.07) is 5.11. The van der Waals surface area contributed by atoms with Crippen LogP contribution < -0.4 is 5.32 Å². The number of nitrogens with one attached hydrogen (secondary N) is 1. The van der Waals surface area contributed by atoms with Crippen molar-refractivity contribution in [1.29, 1.82) is 0 Å². The molecule has 1 heterocycles. The second-order valence-electron chi connectivity index (χ2n) is 6.71. The minimum Gasteiger partial charge on any atom is -0.448 e. The summed E-state index contributed by atoms with van der Waals surface area (Å²) in [5, 5.41) is 2.13. The van der Waals surface area contributed by atoms with E-state index in [1.54, 1.807) is 0 Å². The Labute approximate surface area is 160 Å². The number of amides is 1. The minimum absolute atomic E-state index is 0.452. The Kier molecular flexibility index (Phi) is 5.89. The molecule has 0 aliphatic heterocycles. The fourth-order valence-electron chi connectivity index (χ4n) is 3.16. The number of ether oxygens (including phenoxy) is 1. The van der Waals surface area contributed by atoms with Crippen LogP contribution in [0.4, 0.5) is 14.5 Å². The number of fused-ring (bicyclic) bond motifs is 1. The van der Waals surface area contributed by atoms with Crippen molar-refractivity contribution in [2.75, 3.05) is 5.32 Å². The quantitative estimate of drug-likeness (QED) is 0.748. The van der Waals surface area contributed by atoms with Gasteiger partial charge in [0, 0.05) is 4.88 Å². The van der Waals surface area contributed by atoms with Crippen molar-refractivity contribution in [3.05, 3.63) is 51.2 Å². The standard InChI is InChI=1S/C20H21F2NO3S/c1-3-12-7-8-16-13(9-12)10-17(27-16)20(25)26-11(2)19(24)23-18-14(21)5-4-6-15(18)22/h4-6,10-12H,3,7-9H2,1-2H3,(H,23,24)/t11-,12-/m0/s1. The molecule has 0 saturated carbocycles. The number of rotatable bonds is 5. The molecule has 1 aliphatic carbocycles. The van der Waals surface area contributed by atoms with Crippen LogP contribution in [0.25, 0.3) is 0 Å². The van der Waals surface area contributed by atoms with Crippen molar-refractivity contribution in [2.45, 2.75) is 45.6 Å². The molecule has 0 spiro atoms. The zero-order valence-electron chi connectivity index (χ0n) is 15.2. The summed E-state index contributed by atoms with van der Waals surface area (Å²) < 4.78 is 32.5. The van der Waals surface area contributed by atoms with Gasteiger partial charge in [0.2, 0.25) is 0 Å². The average molecular weight is 393 g/mol. The third kappa shape index (κ3) is 4.35. The first-order valence-electron chi connectivity index (χ1n) is 8.96. The van der Waals surface area contributed by atoms with Gasteiger partial charge in [0.25, 0.3) is 5.91 Å². The molecule has 4 nitrogen and oxygen atoms in total. The lowest BCUT2D eigenvalue weighted by molar-refractivity contribution is -0.123. The van der Waals surface area contributed by atoms with Crippen LogP contribution in [0.1, 0.15) is 46.8 Å². The zero-order valence-corrected chi connectivity index (χ0v) is 16.0. The van der Waals surface area contributed by atoms with E-state index in [-0.39, 0.29) is 0 Å². The molecule has 7 heteroatoms. The average Bonchev–Trinajstić information content (AvgIpc) is 3.07. The lowest BCUT2D eigenvalue weighted by Gasteiger charge is -2.19. The maximum atomic E-state index is 13.6. The van der Waals surface area contributed by atoms with Crippen molar-refractivity contribution < 1.29 is 23.1 Å². The van der Waals surface area contributed by atoms with Gasteiger partial charge < -0.3 is 10.1 Å². The fraction of sp³-hybridized carbons (Fsp3) is 0.400. The predicted octanol–water partition coefficient (Wildman–Crippen LogP) is 4.73. The number of aryl methyl sites for hydroxylation is 1. The molecule has 0 bridgehead atoms. The first-order valence-corrected chi connectivity index (χ1v) is 9.78. The topological polar surface area (TPSA) is 55.4 Å². The summed E-state index contributed by atoms with van der Waals surface area (Å²) in [4.78, 5) is 26.2. The highest BCUT2D eigenvalue weighted by atomic mass is 32.1. The monoisotopic (exact) mass is 393 g/mol. The van der Waals surface area contributed by atoms with E-state index < -0.39 is 35.3 Å². The molecular weight excluding hydrogens is 372 g/mol. The van der Waals surface area contributed by atoms with Crippen LogP contribution in [0.2, 0.25) is 0 Å². The van der Waals surface area contributed by atoms with Gasteiger partial charge in [-0.2, -0.15) is 0 Å².